The number of benzene rings is 2. The third kappa shape index (κ3) is 3.65. The van der Waals surface area contributed by atoms with E-state index in [2.05, 4.69) is 21.2 Å². The second-order valence-corrected chi connectivity index (χ2v) is 5.99. The number of hydrogen-bond acceptors (Lipinski definition) is 2. The SMILES string of the molecule is COc1ccc([C@H](C)N[C@H](C)c2c(F)cccc2F)cc1Br. The Balaban J connectivity index is 2.18. The van der Waals surface area contributed by atoms with Gasteiger partial charge in [-0.25, -0.2) is 8.78 Å². The van der Waals surface area contributed by atoms with E-state index in [-0.39, 0.29) is 11.6 Å². The van der Waals surface area contributed by atoms with Gasteiger partial charge >= 0.3 is 0 Å². The van der Waals surface area contributed by atoms with E-state index < -0.39 is 17.7 Å². The van der Waals surface area contributed by atoms with Crippen molar-refractivity contribution in [1.82, 2.24) is 5.32 Å². The van der Waals surface area contributed by atoms with Crippen molar-refractivity contribution >= 4 is 15.9 Å². The van der Waals surface area contributed by atoms with Gasteiger partial charge in [-0.3, -0.25) is 0 Å². The Bertz CT molecular complexity index is 643. The highest BCUT2D eigenvalue weighted by atomic mass is 79.9. The third-order valence-electron chi connectivity index (χ3n) is 3.61. The number of methoxy groups -OCH3 is 1. The quantitative estimate of drug-likeness (QED) is 0.786. The first-order valence-electron chi connectivity index (χ1n) is 6.97. The largest absolute Gasteiger partial charge is 0.496 e. The molecule has 2 atom stereocenters. The summed E-state index contributed by atoms with van der Waals surface area (Å²) in [7, 11) is 1.60. The molecule has 0 aliphatic carbocycles. The molecule has 1 N–H and O–H groups in total. The van der Waals surface area contributed by atoms with Crippen molar-refractivity contribution in [3.63, 3.8) is 0 Å². The lowest BCUT2D eigenvalue weighted by Crippen LogP contribution is -2.24. The molecule has 0 bridgehead atoms. The summed E-state index contributed by atoms with van der Waals surface area (Å²) in [5.41, 5.74) is 1.05. The van der Waals surface area contributed by atoms with Gasteiger partial charge in [0.05, 0.1) is 11.6 Å². The fourth-order valence-electron chi connectivity index (χ4n) is 2.43. The van der Waals surface area contributed by atoms with E-state index >= 15 is 0 Å². The van der Waals surface area contributed by atoms with Gasteiger partial charge < -0.3 is 10.1 Å². The van der Waals surface area contributed by atoms with Crippen LogP contribution in [0.15, 0.2) is 40.9 Å². The summed E-state index contributed by atoms with van der Waals surface area (Å²) in [5.74, 6) is -0.338. The maximum atomic E-state index is 13.8. The second-order valence-electron chi connectivity index (χ2n) is 5.14. The molecule has 0 aliphatic rings. The minimum absolute atomic E-state index is 0.0573. The summed E-state index contributed by atoms with van der Waals surface area (Å²) in [5, 5.41) is 3.22. The van der Waals surface area contributed by atoms with E-state index in [9.17, 15) is 8.78 Å². The number of hydrogen-bond donors (Lipinski definition) is 1. The molecule has 2 aromatic carbocycles. The number of halogens is 3. The van der Waals surface area contributed by atoms with Crippen LogP contribution in [-0.4, -0.2) is 7.11 Å². The van der Waals surface area contributed by atoms with Gasteiger partial charge in [0.2, 0.25) is 0 Å². The minimum atomic E-state index is -0.539. The number of rotatable bonds is 5. The average Bonchev–Trinajstić information content (AvgIpc) is 2.46. The summed E-state index contributed by atoms with van der Waals surface area (Å²) < 4.78 is 33.7. The summed E-state index contributed by atoms with van der Waals surface area (Å²) in [4.78, 5) is 0. The van der Waals surface area contributed by atoms with Gasteiger partial charge in [-0.1, -0.05) is 12.1 Å². The normalized spacial score (nSPS) is 13.7. The van der Waals surface area contributed by atoms with Gasteiger partial charge in [0.25, 0.3) is 0 Å². The molecule has 0 fully saturated rings. The van der Waals surface area contributed by atoms with E-state index in [1.807, 2.05) is 25.1 Å². The molecule has 0 spiro atoms. The van der Waals surface area contributed by atoms with Crippen LogP contribution in [0.1, 0.15) is 37.1 Å². The van der Waals surface area contributed by atoms with Crippen LogP contribution >= 0.6 is 15.9 Å². The van der Waals surface area contributed by atoms with Crippen LogP contribution < -0.4 is 10.1 Å². The lowest BCUT2D eigenvalue weighted by molar-refractivity contribution is 0.411. The Morgan fingerprint density at radius 3 is 2.23 bits per heavy atom. The Hall–Kier alpha value is -1.46. The summed E-state index contributed by atoms with van der Waals surface area (Å²) in [6.07, 6.45) is 0. The van der Waals surface area contributed by atoms with Gasteiger partial charge in [-0.05, 0) is 59.6 Å². The zero-order chi connectivity index (χ0) is 16.3. The topological polar surface area (TPSA) is 21.3 Å². The molecule has 0 saturated heterocycles. The van der Waals surface area contributed by atoms with E-state index in [0.29, 0.717) is 0 Å². The summed E-state index contributed by atoms with van der Waals surface area (Å²) in [6.45, 7) is 3.69. The lowest BCUT2D eigenvalue weighted by Gasteiger charge is -2.22. The standard InChI is InChI=1S/C17H18BrF2NO/c1-10(12-7-8-16(22-3)13(18)9-12)21-11(2)17-14(19)5-4-6-15(17)20/h4-11,21H,1-3H3/t10-,11+/m0/s1. The summed E-state index contributed by atoms with van der Waals surface area (Å²) >= 11 is 3.44. The maximum Gasteiger partial charge on any atom is 0.133 e. The molecular weight excluding hydrogens is 352 g/mol. The Morgan fingerprint density at radius 2 is 1.68 bits per heavy atom. The first-order chi connectivity index (χ1) is 10.4. The smallest absolute Gasteiger partial charge is 0.133 e. The fraction of sp³-hybridized carbons (Fsp3) is 0.294. The Morgan fingerprint density at radius 1 is 1.05 bits per heavy atom. The van der Waals surface area contributed by atoms with E-state index in [1.165, 1.54) is 18.2 Å². The maximum absolute atomic E-state index is 13.8. The highest BCUT2D eigenvalue weighted by molar-refractivity contribution is 9.10. The molecule has 2 aromatic rings. The van der Waals surface area contributed by atoms with Gasteiger partial charge in [-0.2, -0.15) is 0 Å². The van der Waals surface area contributed by atoms with Crippen LogP contribution in [0.3, 0.4) is 0 Å². The van der Waals surface area contributed by atoms with Crippen LogP contribution in [0.5, 0.6) is 5.75 Å². The third-order valence-corrected chi connectivity index (χ3v) is 4.23. The Labute approximate surface area is 137 Å². The van der Waals surface area contributed by atoms with Gasteiger partial charge in [0.1, 0.15) is 17.4 Å². The first-order valence-corrected chi connectivity index (χ1v) is 7.76. The zero-order valence-corrected chi connectivity index (χ0v) is 14.2. The van der Waals surface area contributed by atoms with Gasteiger partial charge in [0.15, 0.2) is 0 Å². The predicted molar refractivity (Wildman–Crippen MR) is 87.0 cm³/mol. The highest BCUT2D eigenvalue weighted by Crippen LogP contribution is 2.29. The Kier molecular flexibility index (Phi) is 5.53. The molecule has 0 amide bonds. The van der Waals surface area contributed by atoms with Crippen molar-refractivity contribution < 1.29 is 13.5 Å². The van der Waals surface area contributed by atoms with Crippen LogP contribution in [0.2, 0.25) is 0 Å². The number of ether oxygens (including phenoxy) is 1. The average molecular weight is 370 g/mol. The monoisotopic (exact) mass is 369 g/mol. The van der Waals surface area contributed by atoms with E-state index in [0.717, 1.165) is 15.8 Å². The molecule has 2 nitrogen and oxygen atoms in total. The number of nitrogens with one attached hydrogen (secondary N) is 1. The van der Waals surface area contributed by atoms with Gasteiger partial charge in [-0.15, -0.1) is 0 Å². The summed E-state index contributed by atoms with van der Waals surface area (Å²) in [6, 6.07) is 9.09. The second kappa shape index (κ2) is 7.20. The molecule has 0 saturated carbocycles. The van der Waals surface area contributed by atoms with Crippen molar-refractivity contribution in [1.29, 1.82) is 0 Å². The molecular formula is C17H18BrF2NO. The van der Waals surface area contributed by atoms with Gasteiger partial charge in [0, 0.05) is 17.6 Å². The van der Waals surface area contributed by atoms with E-state index in [4.69, 9.17) is 4.74 Å². The van der Waals surface area contributed by atoms with E-state index in [1.54, 1.807) is 14.0 Å². The van der Waals surface area contributed by atoms with Crippen LogP contribution in [-0.2, 0) is 0 Å². The van der Waals surface area contributed by atoms with Crippen molar-refractivity contribution in [2.24, 2.45) is 0 Å². The van der Waals surface area contributed by atoms with Crippen LogP contribution in [0.25, 0.3) is 0 Å². The molecule has 0 aromatic heterocycles. The van der Waals surface area contributed by atoms with Crippen LogP contribution in [0.4, 0.5) is 8.78 Å². The van der Waals surface area contributed by atoms with Crippen molar-refractivity contribution in [3.05, 3.63) is 63.6 Å². The molecule has 2 rings (SSSR count). The fourth-order valence-corrected chi connectivity index (χ4v) is 2.99. The van der Waals surface area contributed by atoms with Crippen molar-refractivity contribution in [2.75, 3.05) is 7.11 Å². The highest BCUT2D eigenvalue weighted by Gasteiger charge is 2.18. The molecule has 118 valence electrons. The molecule has 0 aliphatic heterocycles. The first kappa shape index (κ1) is 16.9. The molecule has 5 heteroatoms. The van der Waals surface area contributed by atoms with Crippen LogP contribution in [0, 0.1) is 11.6 Å². The predicted octanol–water partition coefficient (Wildman–Crippen LogP) is 5.15. The lowest BCUT2D eigenvalue weighted by atomic mass is 10.0. The van der Waals surface area contributed by atoms with Crippen molar-refractivity contribution in [2.45, 2.75) is 25.9 Å². The zero-order valence-electron chi connectivity index (χ0n) is 12.7. The molecule has 0 unspecified atom stereocenters. The molecule has 22 heavy (non-hydrogen) atoms. The molecule has 0 radical (unpaired) electrons. The van der Waals surface area contributed by atoms with Crippen molar-refractivity contribution in [3.8, 4) is 5.75 Å². The molecule has 0 heterocycles. The minimum Gasteiger partial charge on any atom is -0.496 e.